The zero-order valence-electron chi connectivity index (χ0n) is 16.1. The van der Waals surface area contributed by atoms with E-state index in [0.29, 0.717) is 0 Å². The molecule has 4 atom stereocenters. The van der Waals surface area contributed by atoms with Gasteiger partial charge in [0.25, 0.3) is 0 Å². The largest absolute Gasteiger partial charge is 0.411 e. The van der Waals surface area contributed by atoms with E-state index in [-0.39, 0.29) is 35.9 Å². The van der Waals surface area contributed by atoms with E-state index >= 15 is 0 Å². The first-order valence-corrected chi connectivity index (χ1v) is 12.0. The minimum absolute atomic E-state index is 0.0694. The summed E-state index contributed by atoms with van der Waals surface area (Å²) in [4.78, 5) is 0. The minimum atomic E-state index is -1.80. The average molecular weight is 351 g/mol. The number of hydrogen-bond donors (Lipinski definition) is 1. The van der Waals surface area contributed by atoms with Crippen LogP contribution in [-0.4, -0.2) is 38.3 Å². The molecule has 0 amide bonds. The van der Waals surface area contributed by atoms with Gasteiger partial charge < -0.3 is 14.3 Å². The third kappa shape index (κ3) is 4.69. The van der Waals surface area contributed by atoms with Crippen molar-refractivity contribution < 1.29 is 14.3 Å². The third-order valence-corrected chi connectivity index (χ3v) is 10.2. The summed E-state index contributed by atoms with van der Waals surface area (Å²) in [5, 5.41) is 10.1. The lowest BCUT2D eigenvalue weighted by molar-refractivity contribution is -0.0113. The molecule has 1 N–H and O–H groups in total. The molecule has 0 bridgehead atoms. The Morgan fingerprint density at radius 2 is 1.88 bits per heavy atom. The lowest BCUT2D eigenvalue weighted by Gasteiger charge is -2.39. The van der Waals surface area contributed by atoms with Crippen LogP contribution in [0.25, 0.3) is 0 Å². The lowest BCUT2D eigenvalue weighted by Crippen LogP contribution is -2.45. The second-order valence-corrected chi connectivity index (χ2v) is 13.4. The molecule has 4 heteroatoms. The summed E-state index contributed by atoms with van der Waals surface area (Å²) in [6.45, 7) is 13.6. The van der Waals surface area contributed by atoms with Crippen LogP contribution < -0.4 is 0 Å². The van der Waals surface area contributed by atoms with Crippen LogP contribution in [-0.2, 0) is 15.6 Å². The van der Waals surface area contributed by atoms with Gasteiger partial charge in [0.05, 0.1) is 18.3 Å². The smallest absolute Gasteiger partial charge is 0.192 e. The van der Waals surface area contributed by atoms with Gasteiger partial charge in [-0.3, -0.25) is 0 Å². The highest BCUT2D eigenvalue weighted by molar-refractivity contribution is 6.74. The van der Waals surface area contributed by atoms with Gasteiger partial charge in [-0.15, -0.1) is 0 Å². The molecule has 0 saturated carbocycles. The van der Waals surface area contributed by atoms with Gasteiger partial charge in [0, 0.05) is 18.9 Å². The summed E-state index contributed by atoms with van der Waals surface area (Å²) in [6.07, 6.45) is 2.03. The first kappa shape index (κ1) is 19.6. The molecule has 1 heterocycles. The Morgan fingerprint density at radius 1 is 1.25 bits per heavy atom. The molecule has 0 spiro atoms. The number of benzene rings is 1. The Labute approximate surface area is 148 Å². The summed E-state index contributed by atoms with van der Waals surface area (Å²) in [5.41, 5.74) is 1.25. The zero-order valence-corrected chi connectivity index (χ0v) is 17.1. The molecule has 0 aliphatic carbocycles. The second-order valence-electron chi connectivity index (χ2n) is 8.66. The molecule has 1 fully saturated rings. The van der Waals surface area contributed by atoms with Crippen molar-refractivity contribution >= 4 is 8.32 Å². The maximum atomic E-state index is 9.87. The molecule has 24 heavy (non-hydrogen) atoms. The first-order valence-electron chi connectivity index (χ1n) is 9.12. The number of ether oxygens (including phenoxy) is 1. The molecule has 0 unspecified atom stereocenters. The van der Waals surface area contributed by atoms with Gasteiger partial charge in [-0.1, -0.05) is 51.1 Å². The Balaban J connectivity index is 2.01. The third-order valence-electron chi connectivity index (χ3n) is 5.73. The fraction of sp³-hybridized carbons (Fsp3) is 0.700. The Morgan fingerprint density at radius 3 is 2.42 bits per heavy atom. The fourth-order valence-corrected chi connectivity index (χ4v) is 4.47. The predicted octanol–water partition coefficient (Wildman–Crippen LogP) is 4.41. The van der Waals surface area contributed by atoms with E-state index in [1.54, 1.807) is 0 Å². The highest BCUT2D eigenvalue weighted by atomic mass is 28.4. The molecule has 1 aromatic rings. The molecule has 3 nitrogen and oxygen atoms in total. The zero-order chi connectivity index (χ0) is 18.0. The number of aliphatic hydroxyl groups excluding tert-OH is 1. The SMILES string of the molecule is C[C@@H]1O[C@@H]([C@@H](CO)Cc2ccccc2)C[C@H]1O[Si](C)(C)C(C)(C)C. The van der Waals surface area contributed by atoms with Crippen molar-refractivity contribution in [3.05, 3.63) is 35.9 Å². The van der Waals surface area contributed by atoms with Crippen molar-refractivity contribution in [3.8, 4) is 0 Å². The van der Waals surface area contributed by atoms with Gasteiger partial charge in [-0.2, -0.15) is 0 Å². The topological polar surface area (TPSA) is 38.7 Å². The van der Waals surface area contributed by atoms with E-state index in [0.717, 1.165) is 12.8 Å². The van der Waals surface area contributed by atoms with Crippen LogP contribution >= 0.6 is 0 Å². The minimum Gasteiger partial charge on any atom is -0.411 e. The predicted molar refractivity (Wildman–Crippen MR) is 102 cm³/mol. The monoisotopic (exact) mass is 350 g/mol. The van der Waals surface area contributed by atoms with Crippen LogP contribution in [0, 0.1) is 5.92 Å². The van der Waals surface area contributed by atoms with Gasteiger partial charge in [-0.25, -0.2) is 0 Å². The first-order chi connectivity index (χ1) is 11.1. The van der Waals surface area contributed by atoms with Crippen molar-refractivity contribution in [2.24, 2.45) is 5.92 Å². The maximum absolute atomic E-state index is 9.87. The molecule has 0 radical (unpaired) electrons. The van der Waals surface area contributed by atoms with Gasteiger partial charge in [0.2, 0.25) is 0 Å². The summed E-state index contributed by atoms with van der Waals surface area (Å²) in [5.74, 6) is 0.128. The van der Waals surface area contributed by atoms with Crippen molar-refractivity contribution in [3.63, 3.8) is 0 Å². The second kappa shape index (κ2) is 7.69. The van der Waals surface area contributed by atoms with Gasteiger partial charge >= 0.3 is 0 Å². The molecule has 1 aromatic carbocycles. The highest BCUT2D eigenvalue weighted by Gasteiger charge is 2.44. The normalized spacial score (nSPS) is 26.5. The molecule has 1 aliphatic rings. The van der Waals surface area contributed by atoms with Crippen LogP contribution in [0.2, 0.25) is 18.1 Å². The maximum Gasteiger partial charge on any atom is 0.192 e. The number of hydrogen-bond acceptors (Lipinski definition) is 3. The number of rotatable bonds is 6. The van der Waals surface area contributed by atoms with E-state index in [1.807, 2.05) is 18.2 Å². The summed E-state index contributed by atoms with van der Waals surface area (Å²) in [7, 11) is -1.80. The average Bonchev–Trinajstić information content (AvgIpc) is 2.85. The van der Waals surface area contributed by atoms with Crippen LogP contribution in [0.4, 0.5) is 0 Å². The molecule has 1 aliphatic heterocycles. The van der Waals surface area contributed by atoms with Crippen LogP contribution in [0.5, 0.6) is 0 Å². The molecular formula is C20H34O3Si. The van der Waals surface area contributed by atoms with E-state index < -0.39 is 8.32 Å². The van der Waals surface area contributed by atoms with E-state index in [1.165, 1.54) is 5.56 Å². The molecular weight excluding hydrogens is 316 g/mol. The molecule has 0 aromatic heterocycles. The quantitative estimate of drug-likeness (QED) is 0.773. The van der Waals surface area contributed by atoms with Crippen LogP contribution in [0.15, 0.2) is 30.3 Å². The van der Waals surface area contributed by atoms with E-state index in [9.17, 15) is 5.11 Å². The lowest BCUT2D eigenvalue weighted by atomic mass is 9.92. The summed E-state index contributed by atoms with van der Waals surface area (Å²) >= 11 is 0. The van der Waals surface area contributed by atoms with Crippen LogP contribution in [0.3, 0.4) is 0 Å². The van der Waals surface area contributed by atoms with Crippen molar-refractivity contribution in [1.29, 1.82) is 0 Å². The van der Waals surface area contributed by atoms with E-state index in [4.69, 9.17) is 9.16 Å². The van der Waals surface area contributed by atoms with Crippen molar-refractivity contribution in [1.82, 2.24) is 0 Å². The Bertz CT molecular complexity index is 509. The van der Waals surface area contributed by atoms with Gasteiger partial charge in [-0.05, 0) is 37.0 Å². The van der Waals surface area contributed by atoms with Crippen molar-refractivity contribution in [2.45, 2.75) is 77.0 Å². The van der Waals surface area contributed by atoms with E-state index in [2.05, 4.69) is 52.9 Å². The Hall–Kier alpha value is -0.683. The van der Waals surface area contributed by atoms with Gasteiger partial charge in [0.1, 0.15) is 0 Å². The summed E-state index contributed by atoms with van der Waals surface area (Å²) in [6, 6.07) is 10.3. The Kier molecular flexibility index (Phi) is 6.29. The highest BCUT2D eigenvalue weighted by Crippen LogP contribution is 2.40. The number of aliphatic hydroxyl groups is 1. The van der Waals surface area contributed by atoms with Gasteiger partial charge in [0.15, 0.2) is 8.32 Å². The van der Waals surface area contributed by atoms with Crippen molar-refractivity contribution in [2.75, 3.05) is 6.61 Å². The standard InChI is InChI=1S/C20H34O3Si/c1-15-18(23-24(5,6)20(2,3)4)13-19(22-15)17(14-21)12-16-10-8-7-9-11-16/h7-11,15,17-19,21H,12-14H2,1-6H3/t15-,17+,18+,19+/m0/s1. The molecule has 136 valence electrons. The summed E-state index contributed by atoms with van der Waals surface area (Å²) < 4.78 is 12.8. The fourth-order valence-electron chi connectivity index (χ4n) is 3.07. The van der Waals surface area contributed by atoms with Crippen LogP contribution in [0.1, 0.15) is 39.7 Å². The molecule has 1 saturated heterocycles. The molecule has 2 rings (SSSR count).